The number of ether oxygens (including phenoxy) is 1. The van der Waals surface area contributed by atoms with Crippen molar-refractivity contribution in [3.05, 3.63) is 23.9 Å². The van der Waals surface area contributed by atoms with Crippen molar-refractivity contribution in [1.29, 1.82) is 0 Å². The van der Waals surface area contributed by atoms with Gasteiger partial charge in [0.1, 0.15) is 5.82 Å². The topological polar surface area (TPSA) is 60.9 Å². The van der Waals surface area contributed by atoms with Crippen LogP contribution in [-0.4, -0.2) is 93.3 Å². The molecular weight excluding hydrogens is 306 g/mol. The quantitative estimate of drug-likeness (QED) is 0.812. The molecule has 7 nitrogen and oxygen atoms in total. The minimum absolute atomic E-state index is 0.0368. The van der Waals surface area contributed by atoms with Crippen LogP contribution in [0.1, 0.15) is 10.4 Å². The molecule has 1 N–H and O–H groups in total. The van der Waals surface area contributed by atoms with Gasteiger partial charge in [-0.3, -0.25) is 9.69 Å². The molecule has 2 aliphatic rings. The van der Waals surface area contributed by atoms with Crippen LogP contribution in [0.25, 0.3) is 0 Å². The molecule has 0 aliphatic carbocycles. The Morgan fingerprint density at radius 1 is 1.21 bits per heavy atom. The maximum Gasteiger partial charge on any atom is 0.255 e. The van der Waals surface area contributed by atoms with E-state index in [-0.39, 0.29) is 5.91 Å². The highest BCUT2D eigenvalue weighted by atomic mass is 16.5. The van der Waals surface area contributed by atoms with Crippen molar-refractivity contribution < 1.29 is 9.53 Å². The summed E-state index contributed by atoms with van der Waals surface area (Å²) in [5, 5.41) is 3.04. The first-order valence-corrected chi connectivity index (χ1v) is 8.71. The molecule has 0 unspecified atom stereocenters. The Morgan fingerprint density at radius 3 is 2.71 bits per heavy atom. The van der Waals surface area contributed by atoms with Crippen LogP contribution < -0.4 is 10.2 Å². The molecule has 0 aromatic carbocycles. The molecule has 1 aromatic heterocycles. The Hall–Kier alpha value is -1.70. The molecule has 1 aromatic rings. The zero-order valence-corrected chi connectivity index (χ0v) is 14.4. The number of piperazine rings is 1. The summed E-state index contributed by atoms with van der Waals surface area (Å²) in [6.45, 7) is 8.75. The number of aromatic nitrogens is 1. The maximum absolute atomic E-state index is 12.6. The van der Waals surface area contributed by atoms with Gasteiger partial charge in [-0.05, 0) is 19.2 Å². The monoisotopic (exact) mass is 333 g/mol. The third-order valence-electron chi connectivity index (χ3n) is 4.65. The van der Waals surface area contributed by atoms with Crippen molar-refractivity contribution in [1.82, 2.24) is 20.1 Å². The molecule has 7 heteroatoms. The lowest BCUT2D eigenvalue weighted by atomic mass is 10.2. The van der Waals surface area contributed by atoms with Gasteiger partial charge in [-0.15, -0.1) is 0 Å². The Morgan fingerprint density at radius 2 is 1.96 bits per heavy atom. The zero-order valence-electron chi connectivity index (χ0n) is 14.4. The van der Waals surface area contributed by atoms with E-state index in [1.165, 1.54) is 0 Å². The molecule has 24 heavy (non-hydrogen) atoms. The van der Waals surface area contributed by atoms with Crippen molar-refractivity contribution in [2.75, 3.05) is 77.5 Å². The molecule has 0 spiro atoms. The van der Waals surface area contributed by atoms with Crippen molar-refractivity contribution >= 4 is 11.7 Å². The second kappa shape index (κ2) is 8.41. The van der Waals surface area contributed by atoms with Gasteiger partial charge in [0.15, 0.2) is 0 Å². The number of carbonyl (C=O) groups excluding carboxylic acids is 1. The summed E-state index contributed by atoms with van der Waals surface area (Å²) in [6.07, 6.45) is 1.76. The Labute approximate surface area is 143 Å². The molecule has 2 aliphatic heterocycles. The maximum atomic E-state index is 12.6. The summed E-state index contributed by atoms with van der Waals surface area (Å²) >= 11 is 0. The van der Waals surface area contributed by atoms with Gasteiger partial charge >= 0.3 is 0 Å². The molecule has 0 saturated carbocycles. The van der Waals surface area contributed by atoms with Gasteiger partial charge in [-0.2, -0.15) is 0 Å². The Kier molecular flexibility index (Phi) is 6.01. The van der Waals surface area contributed by atoms with Gasteiger partial charge in [0.25, 0.3) is 5.91 Å². The Balaban J connectivity index is 1.56. The first-order chi connectivity index (χ1) is 11.7. The van der Waals surface area contributed by atoms with Gasteiger partial charge in [-0.25, -0.2) is 4.98 Å². The highest BCUT2D eigenvalue weighted by Gasteiger charge is 2.21. The predicted octanol–water partition coefficient (Wildman–Crippen LogP) is -0.105. The summed E-state index contributed by atoms with van der Waals surface area (Å²) in [7, 11) is 2.12. The molecule has 3 rings (SSSR count). The molecule has 0 radical (unpaired) electrons. The molecule has 2 fully saturated rings. The van der Waals surface area contributed by atoms with E-state index in [9.17, 15) is 4.79 Å². The number of carbonyl (C=O) groups is 1. The fraction of sp³-hybridized carbons (Fsp3) is 0.647. The van der Waals surface area contributed by atoms with E-state index in [4.69, 9.17) is 4.74 Å². The van der Waals surface area contributed by atoms with Gasteiger partial charge in [-0.1, -0.05) is 0 Å². The van der Waals surface area contributed by atoms with Crippen LogP contribution >= 0.6 is 0 Å². The number of rotatable bonds is 5. The molecule has 3 heterocycles. The van der Waals surface area contributed by atoms with E-state index in [2.05, 4.69) is 32.0 Å². The van der Waals surface area contributed by atoms with Gasteiger partial charge < -0.3 is 19.9 Å². The van der Waals surface area contributed by atoms with E-state index in [1.54, 1.807) is 6.20 Å². The van der Waals surface area contributed by atoms with E-state index in [0.29, 0.717) is 12.1 Å². The lowest BCUT2D eigenvalue weighted by Gasteiger charge is -2.34. The molecule has 1 amide bonds. The van der Waals surface area contributed by atoms with Crippen LogP contribution in [0.3, 0.4) is 0 Å². The van der Waals surface area contributed by atoms with E-state index < -0.39 is 0 Å². The van der Waals surface area contributed by atoms with E-state index in [0.717, 1.165) is 64.8 Å². The van der Waals surface area contributed by atoms with Crippen LogP contribution in [0.2, 0.25) is 0 Å². The van der Waals surface area contributed by atoms with Crippen LogP contribution in [0.5, 0.6) is 0 Å². The third kappa shape index (κ3) is 4.43. The van der Waals surface area contributed by atoms with Crippen LogP contribution in [0.15, 0.2) is 18.3 Å². The fourth-order valence-corrected chi connectivity index (χ4v) is 3.09. The minimum Gasteiger partial charge on any atom is -0.379 e. The first-order valence-electron chi connectivity index (χ1n) is 8.71. The van der Waals surface area contributed by atoms with Crippen LogP contribution in [0, 0.1) is 0 Å². The smallest absolute Gasteiger partial charge is 0.255 e. The minimum atomic E-state index is -0.0368. The highest BCUT2D eigenvalue weighted by Crippen LogP contribution is 2.18. The van der Waals surface area contributed by atoms with E-state index >= 15 is 0 Å². The summed E-state index contributed by atoms with van der Waals surface area (Å²) in [5.74, 6) is 0.764. The second-order valence-corrected chi connectivity index (χ2v) is 6.37. The SMILES string of the molecule is CN1CCN(c2ncccc2C(=O)NCCN2CCOCC2)CC1. The highest BCUT2D eigenvalue weighted by molar-refractivity contribution is 5.98. The summed E-state index contributed by atoms with van der Waals surface area (Å²) < 4.78 is 5.34. The predicted molar refractivity (Wildman–Crippen MR) is 93.5 cm³/mol. The number of amides is 1. The Bertz CT molecular complexity index is 540. The fourth-order valence-electron chi connectivity index (χ4n) is 3.09. The number of hydrogen-bond donors (Lipinski definition) is 1. The third-order valence-corrected chi connectivity index (χ3v) is 4.65. The van der Waals surface area contributed by atoms with Gasteiger partial charge in [0.2, 0.25) is 0 Å². The van der Waals surface area contributed by atoms with Crippen molar-refractivity contribution in [3.63, 3.8) is 0 Å². The first kappa shape index (κ1) is 17.1. The molecule has 0 atom stereocenters. The average Bonchev–Trinajstić information content (AvgIpc) is 2.63. The zero-order chi connectivity index (χ0) is 16.8. The summed E-state index contributed by atoms with van der Waals surface area (Å²) in [6, 6.07) is 3.70. The number of anilines is 1. The number of morpholine rings is 1. The lowest BCUT2D eigenvalue weighted by molar-refractivity contribution is 0.0383. The summed E-state index contributed by atoms with van der Waals surface area (Å²) in [4.78, 5) is 23.9. The van der Waals surface area contributed by atoms with E-state index in [1.807, 2.05) is 12.1 Å². The molecule has 132 valence electrons. The second-order valence-electron chi connectivity index (χ2n) is 6.37. The van der Waals surface area contributed by atoms with Crippen molar-refractivity contribution in [2.24, 2.45) is 0 Å². The molecular formula is C17H27N5O2. The normalized spacial score (nSPS) is 20.1. The number of hydrogen-bond acceptors (Lipinski definition) is 6. The van der Waals surface area contributed by atoms with Gasteiger partial charge in [0.05, 0.1) is 18.8 Å². The van der Waals surface area contributed by atoms with Crippen LogP contribution in [0.4, 0.5) is 5.82 Å². The largest absolute Gasteiger partial charge is 0.379 e. The molecule has 2 saturated heterocycles. The van der Waals surface area contributed by atoms with Crippen molar-refractivity contribution in [2.45, 2.75) is 0 Å². The standard InChI is InChI=1S/C17H27N5O2/c1-20-7-9-22(10-8-20)16-15(3-2-4-18-16)17(23)19-5-6-21-11-13-24-14-12-21/h2-4H,5-14H2,1H3,(H,19,23). The number of likely N-dealkylation sites (N-methyl/N-ethyl adjacent to an activating group) is 1. The lowest BCUT2D eigenvalue weighted by Crippen LogP contribution is -2.46. The number of pyridine rings is 1. The number of nitrogens with zero attached hydrogens (tertiary/aromatic N) is 4. The van der Waals surface area contributed by atoms with Crippen LogP contribution in [-0.2, 0) is 4.74 Å². The molecule has 0 bridgehead atoms. The van der Waals surface area contributed by atoms with Crippen molar-refractivity contribution in [3.8, 4) is 0 Å². The van der Waals surface area contributed by atoms with Gasteiger partial charge in [0, 0.05) is 58.6 Å². The average molecular weight is 333 g/mol. The summed E-state index contributed by atoms with van der Waals surface area (Å²) in [5.41, 5.74) is 0.670. The number of nitrogens with one attached hydrogen (secondary N) is 1.